The average Bonchev–Trinajstić information content (AvgIpc) is 3.25. The Morgan fingerprint density at radius 2 is 1.83 bits per heavy atom. The second-order valence-corrected chi connectivity index (χ2v) is 7.50. The fourth-order valence-electron chi connectivity index (χ4n) is 3.62. The average molecular weight is 489 g/mol. The van der Waals surface area contributed by atoms with Gasteiger partial charge in [0.15, 0.2) is 5.69 Å². The highest BCUT2D eigenvalue weighted by atomic mass is 19.4. The van der Waals surface area contributed by atoms with Gasteiger partial charge in [0.25, 0.3) is 5.56 Å². The monoisotopic (exact) mass is 489 g/mol. The molecule has 2 heterocycles. The summed E-state index contributed by atoms with van der Waals surface area (Å²) in [5, 5.41) is 18.4. The first kappa shape index (κ1) is 24.0. The minimum absolute atomic E-state index is 0.0206. The molecule has 182 valence electrons. The molecule has 3 N–H and O–H groups in total. The van der Waals surface area contributed by atoms with Crippen molar-refractivity contribution in [3.05, 3.63) is 88.2 Å². The summed E-state index contributed by atoms with van der Waals surface area (Å²) >= 11 is 0. The lowest BCUT2D eigenvalue weighted by Crippen LogP contribution is -2.29. The number of benzene rings is 2. The zero-order valence-electron chi connectivity index (χ0n) is 18.0. The lowest BCUT2D eigenvalue weighted by Gasteiger charge is -2.13. The number of amides is 2. The van der Waals surface area contributed by atoms with E-state index in [0.29, 0.717) is 16.6 Å². The van der Waals surface area contributed by atoms with E-state index in [1.54, 1.807) is 18.2 Å². The van der Waals surface area contributed by atoms with E-state index in [-0.39, 0.29) is 36.6 Å². The number of anilines is 1. The minimum Gasteiger partial charge on any atom is -0.395 e. The molecule has 0 aliphatic carbocycles. The quantitative estimate of drug-likeness (QED) is 0.360. The molecule has 2 aromatic heterocycles. The fourth-order valence-corrected chi connectivity index (χ4v) is 3.62. The van der Waals surface area contributed by atoms with Crippen LogP contribution in [0.2, 0.25) is 0 Å². The van der Waals surface area contributed by atoms with Gasteiger partial charge in [-0.05, 0) is 42.5 Å². The van der Waals surface area contributed by atoms with Crippen molar-refractivity contribution in [3.8, 4) is 5.69 Å². The van der Waals surface area contributed by atoms with Crippen LogP contribution in [0.4, 0.5) is 28.0 Å². The molecule has 0 spiro atoms. The van der Waals surface area contributed by atoms with E-state index < -0.39 is 23.7 Å². The molecule has 8 nitrogen and oxygen atoms in total. The number of aromatic nitrogens is 3. The zero-order chi connectivity index (χ0) is 25.2. The molecule has 0 aliphatic rings. The number of hydrogen-bond acceptors (Lipinski definition) is 4. The maximum atomic E-state index is 13.6. The highest BCUT2D eigenvalue weighted by Gasteiger charge is 2.35. The van der Waals surface area contributed by atoms with Crippen molar-refractivity contribution in [3.63, 3.8) is 0 Å². The van der Waals surface area contributed by atoms with E-state index in [2.05, 4.69) is 15.7 Å². The number of aliphatic hydroxyl groups excluding tert-OH is 1. The number of pyridine rings is 1. The Bertz CT molecular complexity index is 1450. The lowest BCUT2D eigenvalue weighted by atomic mass is 10.1. The molecule has 0 radical (unpaired) electrons. The van der Waals surface area contributed by atoms with Crippen LogP contribution in [0.25, 0.3) is 16.6 Å². The third-order valence-corrected chi connectivity index (χ3v) is 5.16. The number of fused-ring (bicyclic) bond motifs is 1. The molecule has 0 fully saturated rings. The van der Waals surface area contributed by atoms with E-state index in [9.17, 15) is 32.3 Å². The second kappa shape index (κ2) is 9.58. The van der Waals surface area contributed by atoms with Gasteiger partial charge in [-0.1, -0.05) is 12.1 Å². The van der Waals surface area contributed by atoms with Crippen LogP contribution < -0.4 is 16.2 Å². The van der Waals surface area contributed by atoms with Crippen LogP contribution in [0, 0.1) is 5.82 Å². The molecule has 0 atom stereocenters. The third-order valence-electron chi connectivity index (χ3n) is 5.16. The maximum absolute atomic E-state index is 13.6. The lowest BCUT2D eigenvalue weighted by molar-refractivity contribution is -0.141. The molecule has 2 amide bonds. The predicted octanol–water partition coefficient (Wildman–Crippen LogP) is 3.66. The van der Waals surface area contributed by atoms with Gasteiger partial charge in [-0.15, -0.1) is 0 Å². The number of hydrogen-bond donors (Lipinski definition) is 3. The molecule has 0 bridgehead atoms. The van der Waals surface area contributed by atoms with Crippen molar-refractivity contribution < 1.29 is 27.5 Å². The summed E-state index contributed by atoms with van der Waals surface area (Å²) in [5.41, 5.74) is -0.625. The predicted molar refractivity (Wildman–Crippen MR) is 120 cm³/mol. The zero-order valence-corrected chi connectivity index (χ0v) is 18.0. The second-order valence-electron chi connectivity index (χ2n) is 7.50. The third kappa shape index (κ3) is 5.17. The SMILES string of the molecule is O=C(NCc1cc(C(F)(F)F)nn1-c1cccc(F)c1)Nc1cccc2c1ccc(=O)n2CCO. The molecule has 0 saturated carbocycles. The van der Waals surface area contributed by atoms with Crippen LogP contribution >= 0.6 is 0 Å². The van der Waals surface area contributed by atoms with Gasteiger partial charge in [0.2, 0.25) is 0 Å². The molecular formula is C23H19F4N5O3. The Morgan fingerprint density at radius 3 is 2.54 bits per heavy atom. The van der Waals surface area contributed by atoms with Crippen molar-refractivity contribution in [2.45, 2.75) is 19.3 Å². The standard InChI is InChI=1S/C23H19F4N5O3/c24-14-3-1-4-15(11-14)32-16(12-20(30-32)23(25,26)27)13-28-22(35)29-18-5-2-6-19-17(18)7-8-21(34)31(19)9-10-33/h1-8,11-12,33H,9-10,13H2,(H2,28,29,35). The van der Waals surface area contributed by atoms with Crippen LogP contribution in [0.15, 0.2) is 65.5 Å². The van der Waals surface area contributed by atoms with E-state index in [4.69, 9.17) is 0 Å². The Morgan fingerprint density at radius 1 is 1.06 bits per heavy atom. The molecule has 0 aliphatic heterocycles. The van der Waals surface area contributed by atoms with Crippen molar-refractivity contribution in [1.29, 1.82) is 0 Å². The Balaban J connectivity index is 1.58. The number of carbonyl (C=O) groups is 1. The number of alkyl halides is 3. The maximum Gasteiger partial charge on any atom is 0.435 e. The van der Waals surface area contributed by atoms with Crippen molar-refractivity contribution in [2.75, 3.05) is 11.9 Å². The first-order chi connectivity index (χ1) is 16.7. The number of urea groups is 1. The van der Waals surface area contributed by atoms with Gasteiger partial charge < -0.3 is 20.3 Å². The summed E-state index contributed by atoms with van der Waals surface area (Å²) in [6.07, 6.45) is -4.73. The Kier molecular flexibility index (Phi) is 6.56. The summed E-state index contributed by atoms with van der Waals surface area (Å²) in [5.74, 6) is -0.654. The first-order valence-electron chi connectivity index (χ1n) is 10.4. The molecule has 4 aromatic rings. The Hall–Kier alpha value is -4.19. The number of halogens is 4. The van der Waals surface area contributed by atoms with Gasteiger partial charge in [0, 0.05) is 18.0 Å². The number of aliphatic hydroxyl groups is 1. The van der Waals surface area contributed by atoms with Crippen molar-refractivity contribution in [1.82, 2.24) is 19.7 Å². The number of rotatable bonds is 6. The van der Waals surface area contributed by atoms with Gasteiger partial charge in [-0.25, -0.2) is 13.9 Å². The highest BCUT2D eigenvalue weighted by Crippen LogP contribution is 2.30. The first-order valence-corrected chi connectivity index (χ1v) is 10.4. The normalized spacial score (nSPS) is 11.6. The van der Waals surface area contributed by atoms with Gasteiger partial charge in [-0.3, -0.25) is 4.79 Å². The summed E-state index contributed by atoms with van der Waals surface area (Å²) in [6, 6.07) is 12.6. The van der Waals surface area contributed by atoms with Crippen molar-refractivity contribution >= 4 is 22.6 Å². The summed E-state index contributed by atoms with van der Waals surface area (Å²) < 4.78 is 55.6. The van der Waals surface area contributed by atoms with Gasteiger partial charge in [-0.2, -0.15) is 18.3 Å². The number of nitrogens with zero attached hydrogens (tertiary/aromatic N) is 3. The van der Waals surface area contributed by atoms with Crippen LogP contribution in [-0.2, 0) is 19.3 Å². The van der Waals surface area contributed by atoms with Gasteiger partial charge in [0.05, 0.1) is 35.7 Å². The summed E-state index contributed by atoms with van der Waals surface area (Å²) in [7, 11) is 0. The van der Waals surface area contributed by atoms with E-state index in [1.165, 1.54) is 28.8 Å². The Labute approximate surface area is 195 Å². The molecule has 0 unspecified atom stereocenters. The molecule has 35 heavy (non-hydrogen) atoms. The molecule has 12 heteroatoms. The van der Waals surface area contributed by atoms with E-state index in [1.807, 2.05) is 0 Å². The topological polar surface area (TPSA) is 101 Å². The highest BCUT2D eigenvalue weighted by molar-refractivity contribution is 6.00. The largest absolute Gasteiger partial charge is 0.435 e. The van der Waals surface area contributed by atoms with Crippen LogP contribution in [0.3, 0.4) is 0 Å². The van der Waals surface area contributed by atoms with E-state index in [0.717, 1.165) is 22.9 Å². The molecule has 4 rings (SSSR count). The number of nitrogens with one attached hydrogen (secondary N) is 2. The summed E-state index contributed by atoms with van der Waals surface area (Å²) in [4.78, 5) is 24.7. The van der Waals surface area contributed by atoms with Crippen LogP contribution in [0.1, 0.15) is 11.4 Å². The molecule has 0 saturated heterocycles. The van der Waals surface area contributed by atoms with E-state index >= 15 is 0 Å². The smallest absolute Gasteiger partial charge is 0.395 e. The molecular weight excluding hydrogens is 470 g/mol. The summed E-state index contributed by atoms with van der Waals surface area (Å²) in [6.45, 7) is -0.529. The minimum atomic E-state index is -4.73. The van der Waals surface area contributed by atoms with Gasteiger partial charge >= 0.3 is 12.2 Å². The van der Waals surface area contributed by atoms with Crippen LogP contribution in [-0.4, -0.2) is 32.1 Å². The number of carbonyl (C=O) groups excluding carboxylic acids is 1. The van der Waals surface area contributed by atoms with Gasteiger partial charge in [0.1, 0.15) is 5.82 Å². The van der Waals surface area contributed by atoms with Crippen molar-refractivity contribution in [2.24, 2.45) is 0 Å². The van der Waals surface area contributed by atoms with Crippen LogP contribution in [0.5, 0.6) is 0 Å². The molecule has 2 aromatic carbocycles. The fraction of sp³-hybridized carbons (Fsp3) is 0.174.